The van der Waals surface area contributed by atoms with E-state index < -0.39 is 22.7 Å². The van der Waals surface area contributed by atoms with Gasteiger partial charge in [0.15, 0.2) is 5.78 Å². The smallest absolute Gasteiger partial charge is 0.239 e. The van der Waals surface area contributed by atoms with Crippen LogP contribution < -0.4 is 4.90 Å². The lowest BCUT2D eigenvalue weighted by Gasteiger charge is -2.39. The number of rotatable bonds is 5. The second kappa shape index (κ2) is 9.58. The van der Waals surface area contributed by atoms with E-state index in [-0.39, 0.29) is 17.6 Å². The Morgan fingerprint density at radius 3 is 1.25 bits per heavy atom. The van der Waals surface area contributed by atoms with Gasteiger partial charge in [0.2, 0.25) is 11.8 Å². The van der Waals surface area contributed by atoms with Crippen molar-refractivity contribution in [2.75, 3.05) is 4.90 Å². The van der Waals surface area contributed by atoms with E-state index in [9.17, 15) is 9.59 Å². The standard InChI is InChI=1S/C40H29NO3/c1-26-16-14-15-25-31(26)41-36(42)34-35(37(41)43)40(30-23-12-5-13-24-30)33(28-19-8-3-9-20-28)32(27-17-6-2-7-18-27)39(34,38(40)44)29-21-10-4-11-22-29/h2-25,34-35H,1H3/t34-,35-,39-,40-/m0/s1. The van der Waals surface area contributed by atoms with Gasteiger partial charge in [0, 0.05) is 0 Å². The van der Waals surface area contributed by atoms with Gasteiger partial charge in [0.05, 0.1) is 28.4 Å². The van der Waals surface area contributed by atoms with Gasteiger partial charge in [-0.25, -0.2) is 4.90 Å². The normalized spacial score (nSPS) is 25.6. The molecule has 0 spiro atoms. The lowest BCUT2D eigenvalue weighted by Crippen LogP contribution is -2.45. The second-order valence-electron chi connectivity index (χ2n) is 11.9. The molecule has 4 atom stereocenters. The van der Waals surface area contributed by atoms with Crippen molar-refractivity contribution in [1.82, 2.24) is 0 Å². The zero-order chi connectivity index (χ0) is 30.1. The molecular weight excluding hydrogens is 542 g/mol. The summed E-state index contributed by atoms with van der Waals surface area (Å²) < 4.78 is 0. The highest BCUT2D eigenvalue weighted by Crippen LogP contribution is 2.74. The Morgan fingerprint density at radius 2 is 0.841 bits per heavy atom. The number of Topliss-reactive ketones (excluding diaryl/α,β-unsaturated/α-hetero) is 1. The van der Waals surface area contributed by atoms with Crippen molar-refractivity contribution < 1.29 is 14.4 Å². The van der Waals surface area contributed by atoms with Crippen molar-refractivity contribution in [3.05, 3.63) is 173 Å². The van der Waals surface area contributed by atoms with Gasteiger partial charge >= 0.3 is 0 Å². The Balaban J connectivity index is 1.57. The fourth-order valence-electron chi connectivity index (χ4n) is 8.39. The summed E-state index contributed by atoms with van der Waals surface area (Å²) in [5.74, 6) is -2.62. The molecule has 212 valence electrons. The molecule has 0 unspecified atom stereocenters. The Labute approximate surface area is 256 Å². The highest BCUT2D eigenvalue weighted by Gasteiger charge is 2.82. The Bertz CT molecular complexity index is 1860. The molecule has 0 N–H and O–H groups in total. The number of carbonyl (C=O) groups excluding carboxylic acids is 3. The lowest BCUT2D eigenvalue weighted by molar-refractivity contribution is -0.130. The van der Waals surface area contributed by atoms with Crippen LogP contribution in [0.3, 0.4) is 0 Å². The molecule has 0 radical (unpaired) electrons. The third-order valence-corrected chi connectivity index (χ3v) is 9.93. The summed E-state index contributed by atoms with van der Waals surface area (Å²) >= 11 is 0. The number of carbonyl (C=O) groups is 3. The molecule has 1 saturated heterocycles. The maximum atomic E-state index is 15.8. The van der Waals surface area contributed by atoms with Crippen molar-refractivity contribution in [2.24, 2.45) is 11.8 Å². The molecule has 2 aliphatic carbocycles. The summed E-state index contributed by atoms with van der Waals surface area (Å²) in [5, 5.41) is 0. The molecule has 5 aromatic rings. The molecular formula is C40H29NO3. The Hall–Kier alpha value is -5.35. The van der Waals surface area contributed by atoms with Crippen molar-refractivity contribution in [3.63, 3.8) is 0 Å². The molecule has 2 bridgehead atoms. The van der Waals surface area contributed by atoms with Crippen LogP contribution >= 0.6 is 0 Å². The molecule has 8 rings (SSSR count). The first-order chi connectivity index (χ1) is 21.5. The first kappa shape index (κ1) is 26.3. The predicted octanol–water partition coefficient (Wildman–Crippen LogP) is 7.18. The van der Waals surface area contributed by atoms with Gasteiger partial charge in [-0.15, -0.1) is 0 Å². The van der Waals surface area contributed by atoms with Crippen LogP contribution in [0.5, 0.6) is 0 Å². The summed E-state index contributed by atoms with van der Waals surface area (Å²) in [6.45, 7) is 1.91. The minimum Gasteiger partial charge on any atom is -0.297 e. The van der Waals surface area contributed by atoms with Gasteiger partial charge in [0.25, 0.3) is 0 Å². The predicted molar refractivity (Wildman–Crippen MR) is 172 cm³/mol. The number of benzene rings is 5. The number of aryl methyl sites for hydroxylation is 1. The van der Waals surface area contributed by atoms with E-state index >= 15 is 4.79 Å². The zero-order valence-electron chi connectivity index (χ0n) is 24.2. The van der Waals surface area contributed by atoms with Gasteiger partial charge in [-0.1, -0.05) is 140 Å². The largest absolute Gasteiger partial charge is 0.297 e. The monoisotopic (exact) mass is 571 g/mol. The fourth-order valence-corrected chi connectivity index (χ4v) is 8.39. The van der Waals surface area contributed by atoms with Crippen molar-refractivity contribution in [2.45, 2.75) is 17.8 Å². The maximum absolute atomic E-state index is 15.8. The molecule has 44 heavy (non-hydrogen) atoms. The summed E-state index contributed by atoms with van der Waals surface area (Å²) in [4.78, 5) is 47.2. The van der Waals surface area contributed by atoms with Crippen molar-refractivity contribution in [3.8, 4) is 0 Å². The van der Waals surface area contributed by atoms with E-state index in [0.29, 0.717) is 5.69 Å². The summed E-state index contributed by atoms with van der Waals surface area (Å²) in [7, 11) is 0. The van der Waals surface area contributed by atoms with Crippen LogP contribution in [0.4, 0.5) is 5.69 Å². The van der Waals surface area contributed by atoms with Crippen LogP contribution in [-0.4, -0.2) is 17.6 Å². The molecule has 1 aliphatic heterocycles. The van der Waals surface area contributed by atoms with Crippen molar-refractivity contribution in [1.29, 1.82) is 0 Å². The third kappa shape index (κ3) is 3.15. The molecule has 3 aliphatic rings. The molecule has 1 heterocycles. The second-order valence-corrected chi connectivity index (χ2v) is 11.9. The van der Waals surface area contributed by atoms with E-state index in [4.69, 9.17) is 0 Å². The Morgan fingerprint density at radius 1 is 0.477 bits per heavy atom. The fraction of sp³-hybridized carbons (Fsp3) is 0.125. The molecule has 1 saturated carbocycles. The first-order valence-corrected chi connectivity index (χ1v) is 15.0. The van der Waals surface area contributed by atoms with Gasteiger partial charge in [-0.05, 0) is 52.0 Å². The molecule has 2 amide bonds. The number of hydrogen-bond acceptors (Lipinski definition) is 3. The molecule has 0 aromatic heterocycles. The number of nitrogens with zero attached hydrogens (tertiary/aromatic N) is 1. The zero-order valence-corrected chi connectivity index (χ0v) is 24.2. The van der Waals surface area contributed by atoms with Crippen LogP contribution in [0.25, 0.3) is 11.1 Å². The average Bonchev–Trinajstić information content (AvgIpc) is 3.59. The van der Waals surface area contributed by atoms with Gasteiger partial charge in [-0.2, -0.15) is 0 Å². The quantitative estimate of drug-likeness (QED) is 0.210. The lowest BCUT2D eigenvalue weighted by atomic mass is 9.59. The van der Waals surface area contributed by atoms with Crippen LogP contribution in [0.15, 0.2) is 146 Å². The van der Waals surface area contributed by atoms with E-state index in [0.717, 1.165) is 39.0 Å². The summed E-state index contributed by atoms with van der Waals surface area (Å²) in [6.07, 6.45) is 0. The van der Waals surface area contributed by atoms with Crippen LogP contribution in [0, 0.1) is 18.8 Å². The number of fused-ring (bicyclic) bond motifs is 5. The van der Waals surface area contributed by atoms with E-state index in [2.05, 4.69) is 0 Å². The van der Waals surface area contributed by atoms with Gasteiger partial charge in [-0.3, -0.25) is 14.4 Å². The Kier molecular flexibility index (Phi) is 5.73. The molecule has 5 aromatic carbocycles. The van der Waals surface area contributed by atoms with Crippen molar-refractivity contribution >= 4 is 34.4 Å². The summed E-state index contributed by atoms with van der Waals surface area (Å²) in [6, 6.07) is 46.6. The highest BCUT2D eigenvalue weighted by molar-refractivity contribution is 6.39. The molecule has 4 heteroatoms. The van der Waals surface area contributed by atoms with Crippen LogP contribution in [-0.2, 0) is 25.2 Å². The van der Waals surface area contributed by atoms with Crippen LogP contribution in [0.2, 0.25) is 0 Å². The van der Waals surface area contributed by atoms with Gasteiger partial charge < -0.3 is 0 Å². The number of amides is 2. The van der Waals surface area contributed by atoms with E-state index in [1.807, 2.05) is 153 Å². The van der Waals surface area contributed by atoms with E-state index in [1.54, 1.807) is 0 Å². The number of imide groups is 1. The third-order valence-electron chi connectivity index (χ3n) is 9.93. The summed E-state index contributed by atoms with van der Waals surface area (Å²) in [5.41, 5.74) is 3.43. The maximum Gasteiger partial charge on any atom is 0.239 e. The SMILES string of the molecule is Cc1ccccc1N1C(=O)[C@@H]2[C@@H](C1=O)[C@@]1(c3ccccc3)C(=O)[C@@]2(c2ccccc2)C(c2ccccc2)=C1c1ccccc1. The number of ketones is 1. The minimum atomic E-state index is -1.39. The molecule has 4 nitrogen and oxygen atoms in total. The van der Waals surface area contributed by atoms with Gasteiger partial charge in [0.1, 0.15) is 0 Å². The minimum absolute atomic E-state index is 0.110. The number of para-hydroxylation sites is 1. The first-order valence-electron chi connectivity index (χ1n) is 15.0. The highest BCUT2D eigenvalue weighted by atomic mass is 16.2. The number of hydrogen-bond donors (Lipinski definition) is 0. The number of allylic oxidation sites excluding steroid dienone is 2. The van der Waals surface area contributed by atoms with E-state index in [1.165, 1.54) is 4.90 Å². The topological polar surface area (TPSA) is 54.5 Å². The number of anilines is 1. The average molecular weight is 572 g/mol. The molecule has 2 fully saturated rings. The van der Waals surface area contributed by atoms with Crippen LogP contribution in [0.1, 0.15) is 27.8 Å².